The zero-order valence-corrected chi connectivity index (χ0v) is 12.7. The van der Waals surface area contributed by atoms with Crippen LogP contribution in [-0.2, 0) is 17.8 Å². The van der Waals surface area contributed by atoms with Gasteiger partial charge in [-0.25, -0.2) is 0 Å². The van der Waals surface area contributed by atoms with Crippen molar-refractivity contribution in [1.82, 2.24) is 5.32 Å². The van der Waals surface area contributed by atoms with Crippen molar-refractivity contribution in [2.24, 2.45) is 0 Å². The number of carbonyl (C=O) groups is 1. The Hall–Kier alpha value is -2.33. The van der Waals surface area contributed by atoms with E-state index in [-0.39, 0.29) is 19.1 Å². The quantitative estimate of drug-likeness (QED) is 0.824. The minimum absolute atomic E-state index is 0.0251. The van der Waals surface area contributed by atoms with Crippen LogP contribution in [0.25, 0.3) is 0 Å². The number of aliphatic hydroxyl groups is 1. The number of carbonyl (C=O) groups excluding carboxylic acids is 1. The van der Waals surface area contributed by atoms with Crippen molar-refractivity contribution < 1.29 is 14.6 Å². The van der Waals surface area contributed by atoms with E-state index < -0.39 is 0 Å². The van der Waals surface area contributed by atoms with E-state index in [9.17, 15) is 4.79 Å². The predicted octanol–water partition coefficient (Wildman–Crippen LogP) is 2.23. The summed E-state index contributed by atoms with van der Waals surface area (Å²) in [4.78, 5) is 11.8. The molecule has 0 saturated heterocycles. The molecule has 2 N–H and O–H groups in total. The lowest BCUT2D eigenvalue weighted by Crippen LogP contribution is -2.30. The van der Waals surface area contributed by atoms with Gasteiger partial charge >= 0.3 is 0 Å². The summed E-state index contributed by atoms with van der Waals surface area (Å²) in [6, 6.07) is 15.2. The molecule has 0 fully saturated rings. The van der Waals surface area contributed by atoms with E-state index in [1.165, 1.54) is 11.1 Å². The topological polar surface area (TPSA) is 58.6 Å². The Morgan fingerprint density at radius 2 is 2.00 bits per heavy atom. The lowest BCUT2D eigenvalue weighted by Gasteiger charge is -2.09. The number of ether oxygens (including phenoxy) is 1. The van der Waals surface area contributed by atoms with Gasteiger partial charge in [-0.05, 0) is 42.2 Å². The molecule has 0 heterocycles. The lowest BCUT2D eigenvalue weighted by molar-refractivity contribution is -0.123. The maximum atomic E-state index is 11.8. The highest BCUT2D eigenvalue weighted by molar-refractivity contribution is 5.77. The minimum atomic E-state index is -0.150. The van der Waals surface area contributed by atoms with Crippen molar-refractivity contribution in [1.29, 1.82) is 0 Å². The number of rotatable bonds is 7. The summed E-state index contributed by atoms with van der Waals surface area (Å²) in [6.45, 7) is 2.58. The first-order valence-corrected chi connectivity index (χ1v) is 7.33. The van der Waals surface area contributed by atoms with Gasteiger partial charge in [0.1, 0.15) is 5.75 Å². The molecule has 0 radical (unpaired) electrons. The average Bonchev–Trinajstić information content (AvgIpc) is 2.55. The van der Waals surface area contributed by atoms with Crippen molar-refractivity contribution in [3.8, 4) is 5.75 Å². The fourth-order valence-corrected chi connectivity index (χ4v) is 2.16. The molecule has 2 aromatic rings. The Bertz CT molecular complexity index is 625. The largest absolute Gasteiger partial charge is 0.484 e. The summed E-state index contributed by atoms with van der Waals surface area (Å²) >= 11 is 0. The summed E-state index contributed by atoms with van der Waals surface area (Å²) in [5, 5.41) is 11.9. The van der Waals surface area contributed by atoms with Gasteiger partial charge in [0.15, 0.2) is 6.61 Å². The maximum Gasteiger partial charge on any atom is 0.257 e. The zero-order chi connectivity index (χ0) is 15.8. The Balaban J connectivity index is 1.73. The van der Waals surface area contributed by atoms with Crippen molar-refractivity contribution in [2.45, 2.75) is 20.0 Å². The molecular weight excluding hydrogens is 278 g/mol. The van der Waals surface area contributed by atoms with Crippen LogP contribution in [0.5, 0.6) is 5.75 Å². The Kier molecular flexibility index (Phi) is 5.98. The standard InChI is InChI=1S/C18H21NO3/c1-14-5-2-3-7-16(14)9-10-19-18(21)13-22-17-8-4-6-15(11-17)12-20/h2-8,11,20H,9-10,12-13H2,1H3,(H,19,21). The Labute approximate surface area is 130 Å². The van der Waals surface area contributed by atoms with Gasteiger partial charge in [0.25, 0.3) is 5.91 Å². The first-order valence-electron chi connectivity index (χ1n) is 7.33. The van der Waals surface area contributed by atoms with Crippen molar-refractivity contribution in [3.05, 3.63) is 65.2 Å². The van der Waals surface area contributed by atoms with Crippen LogP contribution in [0.15, 0.2) is 48.5 Å². The van der Waals surface area contributed by atoms with Crippen LogP contribution in [0.4, 0.5) is 0 Å². The second-order valence-corrected chi connectivity index (χ2v) is 5.12. The molecule has 0 unspecified atom stereocenters. The summed E-state index contributed by atoms with van der Waals surface area (Å²) in [6.07, 6.45) is 0.804. The van der Waals surface area contributed by atoms with E-state index >= 15 is 0 Å². The Morgan fingerprint density at radius 3 is 2.77 bits per heavy atom. The smallest absolute Gasteiger partial charge is 0.257 e. The third kappa shape index (κ3) is 4.90. The summed E-state index contributed by atoms with van der Waals surface area (Å²) in [5.74, 6) is 0.434. The number of amides is 1. The molecular formula is C18H21NO3. The highest BCUT2D eigenvalue weighted by Crippen LogP contribution is 2.13. The molecule has 2 aromatic carbocycles. The predicted molar refractivity (Wildman–Crippen MR) is 85.8 cm³/mol. The molecule has 4 nitrogen and oxygen atoms in total. The monoisotopic (exact) mass is 299 g/mol. The van der Waals surface area contributed by atoms with Gasteiger partial charge in [-0.1, -0.05) is 36.4 Å². The van der Waals surface area contributed by atoms with Crippen LogP contribution in [0.3, 0.4) is 0 Å². The molecule has 0 aliphatic heterocycles. The second kappa shape index (κ2) is 8.20. The average molecular weight is 299 g/mol. The van der Waals surface area contributed by atoms with Gasteiger partial charge in [0.2, 0.25) is 0 Å². The lowest BCUT2D eigenvalue weighted by atomic mass is 10.1. The molecule has 0 aliphatic carbocycles. The Morgan fingerprint density at radius 1 is 1.18 bits per heavy atom. The van der Waals surface area contributed by atoms with Crippen molar-refractivity contribution in [2.75, 3.05) is 13.2 Å². The normalized spacial score (nSPS) is 10.3. The molecule has 0 atom stereocenters. The second-order valence-electron chi connectivity index (χ2n) is 5.12. The van der Waals surface area contributed by atoms with Crippen molar-refractivity contribution >= 4 is 5.91 Å². The molecule has 0 saturated carbocycles. The van der Waals surface area contributed by atoms with Gasteiger partial charge in [0, 0.05) is 6.54 Å². The minimum Gasteiger partial charge on any atom is -0.484 e. The third-order valence-corrected chi connectivity index (χ3v) is 3.43. The van der Waals surface area contributed by atoms with Crippen LogP contribution < -0.4 is 10.1 Å². The van der Waals surface area contributed by atoms with Crippen LogP contribution in [0.2, 0.25) is 0 Å². The van der Waals surface area contributed by atoms with E-state index in [0.717, 1.165) is 12.0 Å². The van der Waals surface area contributed by atoms with E-state index in [2.05, 4.69) is 24.4 Å². The highest BCUT2D eigenvalue weighted by atomic mass is 16.5. The van der Waals surface area contributed by atoms with Crippen LogP contribution >= 0.6 is 0 Å². The molecule has 0 aliphatic rings. The zero-order valence-electron chi connectivity index (χ0n) is 12.7. The van der Waals surface area contributed by atoms with E-state index in [1.54, 1.807) is 24.3 Å². The molecule has 0 aromatic heterocycles. The fraction of sp³-hybridized carbons (Fsp3) is 0.278. The summed E-state index contributed by atoms with van der Waals surface area (Å²) in [5.41, 5.74) is 3.23. The van der Waals surface area contributed by atoms with Gasteiger partial charge < -0.3 is 15.2 Å². The molecule has 2 rings (SSSR count). The van der Waals surface area contributed by atoms with Crippen LogP contribution in [0.1, 0.15) is 16.7 Å². The third-order valence-electron chi connectivity index (χ3n) is 3.43. The number of aryl methyl sites for hydroxylation is 1. The molecule has 1 amide bonds. The highest BCUT2D eigenvalue weighted by Gasteiger charge is 2.04. The van der Waals surface area contributed by atoms with E-state index in [4.69, 9.17) is 9.84 Å². The molecule has 0 spiro atoms. The molecule has 0 bridgehead atoms. The van der Waals surface area contributed by atoms with Gasteiger partial charge in [-0.3, -0.25) is 4.79 Å². The van der Waals surface area contributed by atoms with Gasteiger partial charge in [-0.2, -0.15) is 0 Å². The van der Waals surface area contributed by atoms with E-state index in [1.807, 2.05) is 12.1 Å². The summed E-state index contributed by atoms with van der Waals surface area (Å²) in [7, 11) is 0. The van der Waals surface area contributed by atoms with Crippen molar-refractivity contribution in [3.63, 3.8) is 0 Å². The fourth-order valence-electron chi connectivity index (χ4n) is 2.16. The molecule has 22 heavy (non-hydrogen) atoms. The number of hydrogen-bond acceptors (Lipinski definition) is 3. The van der Waals surface area contributed by atoms with E-state index in [0.29, 0.717) is 12.3 Å². The first kappa shape index (κ1) is 16.0. The number of benzene rings is 2. The molecule has 4 heteroatoms. The number of nitrogens with one attached hydrogen (secondary N) is 1. The first-order chi connectivity index (χ1) is 10.7. The molecule has 116 valence electrons. The number of aliphatic hydroxyl groups excluding tert-OH is 1. The van der Waals surface area contributed by atoms with Gasteiger partial charge in [0.05, 0.1) is 6.61 Å². The SMILES string of the molecule is Cc1ccccc1CCNC(=O)COc1cccc(CO)c1. The maximum absolute atomic E-state index is 11.8. The van der Waals surface area contributed by atoms with Crippen LogP contribution in [0, 0.1) is 6.92 Å². The summed E-state index contributed by atoms with van der Waals surface area (Å²) < 4.78 is 5.41. The number of hydrogen-bond donors (Lipinski definition) is 2. The van der Waals surface area contributed by atoms with Gasteiger partial charge in [-0.15, -0.1) is 0 Å². The van der Waals surface area contributed by atoms with Crippen LogP contribution in [-0.4, -0.2) is 24.2 Å².